The van der Waals surface area contributed by atoms with Crippen molar-refractivity contribution < 1.29 is 0 Å². The lowest BCUT2D eigenvalue weighted by molar-refractivity contribution is 1.16. The number of thiophene rings is 1. The number of halogens is 1. The van der Waals surface area contributed by atoms with Crippen LogP contribution in [0.4, 0.5) is 17.5 Å². The predicted molar refractivity (Wildman–Crippen MR) is 87.4 cm³/mol. The molecule has 0 aliphatic carbocycles. The molecular formula is C13H12BrN5S. The van der Waals surface area contributed by atoms with Gasteiger partial charge in [-0.15, -0.1) is 11.3 Å². The van der Waals surface area contributed by atoms with Crippen molar-refractivity contribution in [1.29, 1.82) is 0 Å². The number of hydrogen-bond donors (Lipinski definition) is 3. The Morgan fingerprint density at radius 2 is 2.10 bits per heavy atom. The number of nitrogens with two attached hydrogens (primary N) is 1. The van der Waals surface area contributed by atoms with Crippen LogP contribution in [0.5, 0.6) is 0 Å². The topological polar surface area (TPSA) is 75.9 Å². The van der Waals surface area contributed by atoms with E-state index in [1.165, 1.54) is 5.56 Å². The van der Waals surface area contributed by atoms with Crippen molar-refractivity contribution in [3.05, 3.63) is 39.7 Å². The molecule has 0 aliphatic heterocycles. The molecule has 4 N–H and O–H groups in total. The van der Waals surface area contributed by atoms with Crippen LogP contribution in [-0.4, -0.2) is 9.97 Å². The highest BCUT2D eigenvalue weighted by molar-refractivity contribution is 9.10. The van der Waals surface area contributed by atoms with Gasteiger partial charge in [-0.3, -0.25) is 5.43 Å². The van der Waals surface area contributed by atoms with E-state index in [4.69, 9.17) is 5.84 Å². The van der Waals surface area contributed by atoms with Gasteiger partial charge < -0.3 is 5.32 Å². The second kappa shape index (κ2) is 5.35. The van der Waals surface area contributed by atoms with Crippen LogP contribution in [0, 0.1) is 6.92 Å². The molecule has 3 aromatic rings. The Bertz CT molecular complexity index is 771. The summed E-state index contributed by atoms with van der Waals surface area (Å²) in [5, 5.41) is 6.27. The van der Waals surface area contributed by atoms with Gasteiger partial charge in [0.05, 0.1) is 11.1 Å². The second-order valence-electron chi connectivity index (χ2n) is 4.29. The molecule has 0 unspecified atom stereocenters. The van der Waals surface area contributed by atoms with Crippen molar-refractivity contribution in [1.82, 2.24) is 9.97 Å². The average Bonchev–Trinajstić information content (AvgIpc) is 2.90. The van der Waals surface area contributed by atoms with Crippen LogP contribution in [0.2, 0.25) is 0 Å². The van der Waals surface area contributed by atoms with Gasteiger partial charge in [-0.25, -0.2) is 10.8 Å². The molecule has 0 radical (unpaired) electrons. The largest absolute Gasteiger partial charge is 0.339 e. The minimum absolute atomic E-state index is 0.394. The molecule has 0 saturated carbocycles. The highest BCUT2D eigenvalue weighted by Crippen LogP contribution is 2.31. The average molecular weight is 350 g/mol. The summed E-state index contributed by atoms with van der Waals surface area (Å²) in [7, 11) is 0. The molecule has 7 heteroatoms. The molecule has 0 atom stereocenters. The summed E-state index contributed by atoms with van der Waals surface area (Å²) in [6.45, 7) is 2.05. The monoisotopic (exact) mass is 349 g/mol. The number of fused-ring (bicyclic) bond motifs is 1. The zero-order valence-electron chi connectivity index (χ0n) is 10.6. The number of nitrogens with zero attached hydrogens (tertiary/aromatic N) is 2. The number of nitrogens with one attached hydrogen (secondary N) is 2. The van der Waals surface area contributed by atoms with Crippen LogP contribution in [0.1, 0.15) is 5.56 Å². The minimum atomic E-state index is 0.394. The summed E-state index contributed by atoms with van der Waals surface area (Å²) in [5.74, 6) is 6.54. The van der Waals surface area contributed by atoms with Gasteiger partial charge in [-0.1, -0.05) is 6.07 Å². The fraction of sp³-hybridized carbons (Fsp3) is 0.0769. The molecule has 0 aliphatic rings. The SMILES string of the molecule is Cc1ccc(Nc2nc(NN)nc3sccc23)c(Br)c1. The van der Waals surface area contributed by atoms with Crippen molar-refractivity contribution in [2.45, 2.75) is 6.92 Å². The number of aryl methyl sites for hydroxylation is 1. The van der Waals surface area contributed by atoms with E-state index in [1.807, 2.05) is 30.5 Å². The fourth-order valence-corrected chi connectivity index (χ4v) is 3.22. The molecule has 5 nitrogen and oxygen atoms in total. The zero-order valence-corrected chi connectivity index (χ0v) is 13.0. The number of rotatable bonds is 3. The van der Waals surface area contributed by atoms with E-state index in [1.54, 1.807) is 11.3 Å². The summed E-state index contributed by atoms with van der Waals surface area (Å²) in [6.07, 6.45) is 0. The van der Waals surface area contributed by atoms with E-state index in [0.29, 0.717) is 5.95 Å². The third kappa shape index (κ3) is 2.47. The predicted octanol–water partition coefficient (Wildman–Crippen LogP) is 3.79. The second-order valence-corrected chi connectivity index (χ2v) is 6.04. The lowest BCUT2D eigenvalue weighted by Crippen LogP contribution is -2.11. The summed E-state index contributed by atoms with van der Waals surface area (Å²) in [6, 6.07) is 8.09. The molecule has 2 aromatic heterocycles. The first-order chi connectivity index (χ1) is 9.67. The van der Waals surface area contributed by atoms with Crippen LogP contribution in [0.15, 0.2) is 34.1 Å². The number of anilines is 3. The molecule has 20 heavy (non-hydrogen) atoms. The molecule has 102 valence electrons. The number of benzene rings is 1. The van der Waals surface area contributed by atoms with Gasteiger partial charge in [0.2, 0.25) is 5.95 Å². The van der Waals surface area contributed by atoms with Crippen molar-refractivity contribution in [2.75, 3.05) is 10.7 Å². The lowest BCUT2D eigenvalue weighted by Gasteiger charge is -2.10. The molecule has 1 aromatic carbocycles. The Morgan fingerprint density at radius 1 is 1.25 bits per heavy atom. The summed E-state index contributed by atoms with van der Waals surface area (Å²) < 4.78 is 0.988. The van der Waals surface area contributed by atoms with Crippen LogP contribution in [0.3, 0.4) is 0 Å². The van der Waals surface area contributed by atoms with Crippen molar-refractivity contribution in [2.24, 2.45) is 5.84 Å². The number of hydrazine groups is 1. The van der Waals surface area contributed by atoms with E-state index >= 15 is 0 Å². The number of aromatic nitrogens is 2. The maximum Gasteiger partial charge on any atom is 0.240 e. The lowest BCUT2D eigenvalue weighted by atomic mass is 10.2. The zero-order chi connectivity index (χ0) is 14.1. The molecule has 0 amide bonds. The number of hydrogen-bond acceptors (Lipinski definition) is 6. The Hall–Kier alpha value is -1.70. The van der Waals surface area contributed by atoms with E-state index < -0.39 is 0 Å². The van der Waals surface area contributed by atoms with Crippen LogP contribution < -0.4 is 16.6 Å². The third-order valence-corrected chi connectivity index (χ3v) is 4.29. The summed E-state index contributed by atoms with van der Waals surface area (Å²) in [4.78, 5) is 9.58. The van der Waals surface area contributed by atoms with Gasteiger partial charge in [0, 0.05) is 4.47 Å². The summed E-state index contributed by atoms with van der Waals surface area (Å²) in [5.41, 5.74) is 4.63. The maximum atomic E-state index is 5.41. The first-order valence-electron chi connectivity index (χ1n) is 5.92. The van der Waals surface area contributed by atoms with Crippen molar-refractivity contribution in [3.8, 4) is 0 Å². The van der Waals surface area contributed by atoms with Gasteiger partial charge in [0.15, 0.2) is 0 Å². The molecule has 0 fully saturated rings. The Kier molecular flexibility index (Phi) is 3.56. The molecule has 2 heterocycles. The van der Waals surface area contributed by atoms with Gasteiger partial charge in [0.25, 0.3) is 0 Å². The fourth-order valence-electron chi connectivity index (χ4n) is 1.86. The molecule has 0 bridgehead atoms. The van der Waals surface area contributed by atoms with Gasteiger partial charge in [0.1, 0.15) is 10.6 Å². The van der Waals surface area contributed by atoms with Crippen LogP contribution in [-0.2, 0) is 0 Å². The first-order valence-corrected chi connectivity index (χ1v) is 7.59. The highest BCUT2D eigenvalue weighted by Gasteiger charge is 2.10. The molecular weight excluding hydrogens is 338 g/mol. The number of nitrogen functional groups attached to an aromatic ring is 1. The van der Waals surface area contributed by atoms with Crippen LogP contribution in [0.25, 0.3) is 10.2 Å². The smallest absolute Gasteiger partial charge is 0.240 e. The van der Waals surface area contributed by atoms with Crippen LogP contribution >= 0.6 is 27.3 Å². The normalized spacial score (nSPS) is 10.8. The van der Waals surface area contributed by atoms with Gasteiger partial charge >= 0.3 is 0 Å². The first kappa shape index (κ1) is 13.3. The van der Waals surface area contributed by atoms with E-state index in [-0.39, 0.29) is 0 Å². The maximum absolute atomic E-state index is 5.41. The Labute approximate surface area is 128 Å². The molecule has 0 saturated heterocycles. The van der Waals surface area contributed by atoms with Gasteiger partial charge in [-0.05, 0) is 52.0 Å². The Morgan fingerprint density at radius 3 is 2.85 bits per heavy atom. The highest BCUT2D eigenvalue weighted by atomic mass is 79.9. The van der Waals surface area contributed by atoms with Gasteiger partial charge in [-0.2, -0.15) is 4.98 Å². The van der Waals surface area contributed by atoms with E-state index in [9.17, 15) is 0 Å². The third-order valence-electron chi connectivity index (χ3n) is 2.83. The van der Waals surface area contributed by atoms with Crippen molar-refractivity contribution >= 4 is 54.9 Å². The van der Waals surface area contributed by atoms with E-state index in [0.717, 1.165) is 26.2 Å². The summed E-state index contributed by atoms with van der Waals surface area (Å²) >= 11 is 5.10. The van der Waals surface area contributed by atoms with Crippen molar-refractivity contribution in [3.63, 3.8) is 0 Å². The Balaban J connectivity index is 2.07. The van der Waals surface area contributed by atoms with E-state index in [2.05, 4.69) is 42.7 Å². The minimum Gasteiger partial charge on any atom is -0.339 e. The molecule has 0 spiro atoms. The quantitative estimate of drug-likeness (QED) is 0.495. The molecule has 3 rings (SSSR count). The standard InChI is InChI=1S/C13H12BrN5S/c1-7-2-3-10(9(14)6-7)16-11-8-4-5-20-12(8)18-13(17-11)19-15/h2-6H,15H2,1H3,(H2,16,17,18,19).